The van der Waals surface area contributed by atoms with Crippen molar-refractivity contribution in [3.63, 3.8) is 0 Å². The van der Waals surface area contributed by atoms with Gasteiger partial charge in [-0.05, 0) is 55.5 Å². The number of hydrogen-bond donors (Lipinski definition) is 0. The van der Waals surface area contributed by atoms with Crippen LogP contribution in [0.3, 0.4) is 0 Å². The van der Waals surface area contributed by atoms with E-state index in [4.69, 9.17) is 4.74 Å². The van der Waals surface area contributed by atoms with E-state index in [-0.39, 0.29) is 0 Å². The molecular formula is C14H20O. The molecule has 0 aliphatic carbocycles. The van der Waals surface area contributed by atoms with Crippen LogP contribution in [0.4, 0.5) is 0 Å². The highest BCUT2D eigenvalue weighted by atomic mass is 16.5. The van der Waals surface area contributed by atoms with Crippen LogP contribution in [0.25, 0.3) is 0 Å². The van der Waals surface area contributed by atoms with Crippen molar-refractivity contribution in [3.8, 4) is 5.75 Å². The van der Waals surface area contributed by atoms with Crippen molar-refractivity contribution in [1.29, 1.82) is 0 Å². The molecule has 1 rings (SSSR count). The number of benzene rings is 1. The van der Waals surface area contributed by atoms with Gasteiger partial charge in [-0.25, -0.2) is 0 Å². The van der Waals surface area contributed by atoms with E-state index in [1.807, 2.05) is 6.92 Å². The molecule has 1 heteroatoms. The normalized spacial score (nSPS) is 10.1. The molecule has 1 aromatic rings. The topological polar surface area (TPSA) is 9.23 Å². The van der Waals surface area contributed by atoms with Gasteiger partial charge in [-0.2, -0.15) is 0 Å². The van der Waals surface area contributed by atoms with Crippen LogP contribution >= 0.6 is 0 Å². The van der Waals surface area contributed by atoms with Gasteiger partial charge in [0.2, 0.25) is 0 Å². The first-order chi connectivity index (χ1) is 7.04. The second kappa shape index (κ2) is 5.01. The molecule has 82 valence electrons. The maximum absolute atomic E-state index is 5.72. The van der Waals surface area contributed by atoms with E-state index >= 15 is 0 Å². The van der Waals surface area contributed by atoms with Crippen LogP contribution in [0.1, 0.15) is 30.5 Å². The Morgan fingerprint density at radius 2 is 2.00 bits per heavy atom. The van der Waals surface area contributed by atoms with Crippen LogP contribution < -0.4 is 4.74 Å². The fraction of sp³-hybridized carbons (Fsp3) is 0.429. The molecule has 1 nitrogen and oxygen atoms in total. The first-order valence-corrected chi connectivity index (χ1v) is 5.42. The Balaban J connectivity index is 2.94. The molecule has 0 aromatic heterocycles. The van der Waals surface area contributed by atoms with Crippen molar-refractivity contribution >= 4 is 0 Å². The summed E-state index contributed by atoms with van der Waals surface area (Å²) in [6.45, 7) is 12.8. The van der Waals surface area contributed by atoms with Crippen LogP contribution in [0.5, 0.6) is 5.75 Å². The van der Waals surface area contributed by atoms with Gasteiger partial charge in [-0.3, -0.25) is 0 Å². The second-order valence-electron chi connectivity index (χ2n) is 4.14. The summed E-state index contributed by atoms with van der Waals surface area (Å²) in [5.41, 5.74) is 4.91. The SMILES string of the molecule is C=C(C)COc1cc(CC)cc(C)c1C. The Morgan fingerprint density at radius 1 is 1.33 bits per heavy atom. The standard InChI is InChI=1S/C14H20O/c1-6-13-7-11(4)12(5)14(8-13)15-9-10(2)3/h7-8H,2,6,9H2,1,3-5H3. The summed E-state index contributed by atoms with van der Waals surface area (Å²) >= 11 is 0. The summed E-state index contributed by atoms with van der Waals surface area (Å²) in [6.07, 6.45) is 1.05. The highest BCUT2D eigenvalue weighted by Gasteiger charge is 2.04. The molecule has 0 radical (unpaired) electrons. The van der Waals surface area contributed by atoms with Gasteiger partial charge in [-0.1, -0.05) is 19.6 Å². The van der Waals surface area contributed by atoms with Gasteiger partial charge in [0.1, 0.15) is 12.4 Å². The van der Waals surface area contributed by atoms with Gasteiger partial charge in [0.05, 0.1) is 0 Å². The molecule has 0 amide bonds. The van der Waals surface area contributed by atoms with E-state index < -0.39 is 0 Å². The minimum atomic E-state index is 0.605. The van der Waals surface area contributed by atoms with Crippen molar-refractivity contribution in [3.05, 3.63) is 41.0 Å². The first kappa shape index (κ1) is 11.8. The highest BCUT2D eigenvalue weighted by Crippen LogP contribution is 2.24. The number of rotatable bonds is 4. The van der Waals surface area contributed by atoms with Crippen molar-refractivity contribution in [1.82, 2.24) is 0 Å². The van der Waals surface area contributed by atoms with Crippen LogP contribution in [-0.2, 0) is 6.42 Å². The summed E-state index contributed by atoms with van der Waals surface area (Å²) in [5, 5.41) is 0. The average molecular weight is 204 g/mol. The van der Waals surface area contributed by atoms with E-state index in [0.29, 0.717) is 6.61 Å². The van der Waals surface area contributed by atoms with Crippen LogP contribution in [-0.4, -0.2) is 6.61 Å². The average Bonchev–Trinajstić information content (AvgIpc) is 2.19. The molecule has 0 saturated carbocycles. The van der Waals surface area contributed by atoms with Gasteiger partial charge in [0, 0.05) is 0 Å². The molecule has 0 aliphatic heterocycles. The van der Waals surface area contributed by atoms with E-state index in [1.165, 1.54) is 16.7 Å². The van der Waals surface area contributed by atoms with E-state index in [0.717, 1.165) is 17.7 Å². The van der Waals surface area contributed by atoms with Crippen LogP contribution in [0.15, 0.2) is 24.3 Å². The largest absolute Gasteiger partial charge is 0.489 e. The second-order valence-corrected chi connectivity index (χ2v) is 4.14. The third kappa shape index (κ3) is 3.12. The Bertz CT molecular complexity index is 364. The van der Waals surface area contributed by atoms with E-state index in [9.17, 15) is 0 Å². The van der Waals surface area contributed by atoms with Gasteiger partial charge in [0.25, 0.3) is 0 Å². The van der Waals surface area contributed by atoms with Gasteiger partial charge in [0.15, 0.2) is 0 Å². The third-order valence-corrected chi connectivity index (χ3v) is 2.56. The molecule has 1 aromatic carbocycles. The first-order valence-electron chi connectivity index (χ1n) is 5.42. The Labute approximate surface area is 92.8 Å². The van der Waals surface area contributed by atoms with Crippen molar-refractivity contribution in [2.24, 2.45) is 0 Å². The molecule has 0 N–H and O–H groups in total. The maximum atomic E-state index is 5.72. The lowest BCUT2D eigenvalue weighted by Gasteiger charge is -2.12. The molecule has 0 aliphatic rings. The number of ether oxygens (including phenoxy) is 1. The van der Waals surface area contributed by atoms with Gasteiger partial charge in [-0.15, -0.1) is 0 Å². The fourth-order valence-electron chi connectivity index (χ4n) is 1.45. The van der Waals surface area contributed by atoms with Crippen molar-refractivity contribution in [2.75, 3.05) is 6.61 Å². The minimum Gasteiger partial charge on any atom is -0.489 e. The Hall–Kier alpha value is -1.24. The summed E-state index contributed by atoms with van der Waals surface area (Å²) in [7, 11) is 0. The number of aryl methyl sites for hydroxylation is 2. The van der Waals surface area contributed by atoms with Crippen LogP contribution in [0, 0.1) is 13.8 Å². The lowest BCUT2D eigenvalue weighted by molar-refractivity contribution is 0.349. The molecule has 0 saturated heterocycles. The molecule has 0 bridgehead atoms. The summed E-state index contributed by atoms with van der Waals surface area (Å²) in [5.74, 6) is 0.995. The highest BCUT2D eigenvalue weighted by molar-refractivity contribution is 5.42. The molecule has 15 heavy (non-hydrogen) atoms. The van der Waals surface area contributed by atoms with E-state index in [1.54, 1.807) is 0 Å². The maximum Gasteiger partial charge on any atom is 0.123 e. The monoisotopic (exact) mass is 204 g/mol. The molecule has 0 spiro atoms. The molecule has 0 atom stereocenters. The fourth-order valence-corrected chi connectivity index (χ4v) is 1.45. The number of hydrogen-bond acceptors (Lipinski definition) is 1. The van der Waals surface area contributed by atoms with Crippen LogP contribution in [0.2, 0.25) is 0 Å². The Kier molecular flexibility index (Phi) is 3.96. The molecule has 0 heterocycles. The summed E-state index contributed by atoms with van der Waals surface area (Å²) < 4.78 is 5.72. The van der Waals surface area contributed by atoms with E-state index in [2.05, 4.69) is 39.5 Å². The lowest BCUT2D eigenvalue weighted by atomic mass is 10.0. The minimum absolute atomic E-state index is 0.605. The smallest absolute Gasteiger partial charge is 0.123 e. The lowest BCUT2D eigenvalue weighted by Crippen LogP contribution is -2.01. The zero-order valence-corrected chi connectivity index (χ0v) is 10.2. The van der Waals surface area contributed by atoms with Crippen molar-refractivity contribution in [2.45, 2.75) is 34.1 Å². The predicted molar refractivity (Wildman–Crippen MR) is 65.6 cm³/mol. The quantitative estimate of drug-likeness (QED) is 0.677. The summed E-state index contributed by atoms with van der Waals surface area (Å²) in [6, 6.07) is 4.36. The van der Waals surface area contributed by atoms with Gasteiger partial charge >= 0.3 is 0 Å². The Morgan fingerprint density at radius 3 is 2.53 bits per heavy atom. The zero-order valence-electron chi connectivity index (χ0n) is 10.2. The zero-order chi connectivity index (χ0) is 11.4. The summed E-state index contributed by atoms with van der Waals surface area (Å²) in [4.78, 5) is 0. The third-order valence-electron chi connectivity index (χ3n) is 2.56. The molecule has 0 unspecified atom stereocenters. The molecule has 0 fully saturated rings. The van der Waals surface area contributed by atoms with Crippen molar-refractivity contribution < 1.29 is 4.74 Å². The predicted octanol–water partition coefficient (Wildman–Crippen LogP) is 3.82. The van der Waals surface area contributed by atoms with Gasteiger partial charge < -0.3 is 4.74 Å². The molecular weight excluding hydrogens is 184 g/mol.